The van der Waals surface area contributed by atoms with Crippen molar-refractivity contribution in [2.24, 2.45) is 0 Å². The fourth-order valence-electron chi connectivity index (χ4n) is 2.30. The molecule has 0 saturated carbocycles. The third-order valence-electron chi connectivity index (χ3n) is 3.21. The van der Waals surface area contributed by atoms with Crippen LogP contribution in [0.5, 0.6) is 5.75 Å². The molecule has 0 atom stereocenters. The largest absolute Gasteiger partial charge is 0.494 e. The molecule has 6 heteroatoms. The summed E-state index contributed by atoms with van der Waals surface area (Å²) in [6.07, 6.45) is 0. The first-order valence-electron chi connectivity index (χ1n) is 6.21. The molecule has 3 aromatic rings. The number of aromatic nitrogens is 2. The zero-order chi connectivity index (χ0) is 15.0. The highest BCUT2D eigenvalue weighted by atomic mass is 35.5. The SMILES string of the molecule is COc1cccc2c1nc(CCl)n2-c1cc(F)ccc1F. The highest BCUT2D eigenvalue weighted by Crippen LogP contribution is 2.30. The van der Waals surface area contributed by atoms with Crippen LogP contribution in [0.4, 0.5) is 8.78 Å². The molecule has 0 aliphatic rings. The second kappa shape index (κ2) is 5.33. The first-order chi connectivity index (χ1) is 10.2. The number of hydrogen-bond acceptors (Lipinski definition) is 2. The van der Waals surface area contributed by atoms with E-state index in [1.807, 2.05) is 0 Å². The van der Waals surface area contributed by atoms with Gasteiger partial charge < -0.3 is 4.74 Å². The van der Waals surface area contributed by atoms with E-state index < -0.39 is 11.6 Å². The minimum absolute atomic E-state index is 0.0633. The van der Waals surface area contributed by atoms with Crippen molar-refractivity contribution in [3.8, 4) is 11.4 Å². The van der Waals surface area contributed by atoms with Gasteiger partial charge in [-0.1, -0.05) is 6.07 Å². The van der Waals surface area contributed by atoms with E-state index in [-0.39, 0.29) is 11.6 Å². The molecule has 3 nitrogen and oxygen atoms in total. The number of alkyl halides is 1. The molecule has 0 fully saturated rings. The predicted molar refractivity (Wildman–Crippen MR) is 77.1 cm³/mol. The number of nitrogens with zero attached hydrogens (tertiary/aromatic N) is 2. The van der Waals surface area contributed by atoms with Gasteiger partial charge in [0.2, 0.25) is 0 Å². The summed E-state index contributed by atoms with van der Waals surface area (Å²) in [5.41, 5.74) is 1.23. The van der Waals surface area contributed by atoms with E-state index in [1.165, 1.54) is 11.7 Å². The molecule has 0 aliphatic carbocycles. The summed E-state index contributed by atoms with van der Waals surface area (Å²) in [7, 11) is 1.52. The molecule has 3 rings (SSSR count). The zero-order valence-electron chi connectivity index (χ0n) is 11.1. The van der Waals surface area contributed by atoms with Crippen LogP contribution in [0.25, 0.3) is 16.7 Å². The Kier molecular flexibility index (Phi) is 3.51. The summed E-state index contributed by atoms with van der Waals surface area (Å²) in [5, 5.41) is 0. The summed E-state index contributed by atoms with van der Waals surface area (Å²) >= 11 is 5.90. The Hall–Kier alpha value is -2.14. The van der Waals surface area contributed by atoms with Gasteiger partial charge in [-0.2, -0.15) is 0 Å². The number of para-hydroxylation sites is 1. The smallest absolute Gasteiger partial charge is 0.147 e. The molecule has 0 amide bonds. The van der Waals surface area contributed by atoms with Gasteiger partial charge in [-0.15, -0.1) is 11.6 Å². The number of benzene rings is 2. The topological polar surface area (TPSA) is 27.1 Å². The van der Waals surface area contributed by atoms with Gasteiger partial charge in [0.05, 0.1) is 24.2 Å². The van der Waals surface area contributed by atoms with E-state index in [2.05, 4.69) is 4.98 Å². The van der Waals surface area contributed by atoms with Crippen molar-refractivity contribution in [1.82, 2.24) is 9.55 Å². The van der Waals surface area contributed by atoms with Crippen molar-refractivity contribution < 1.29 is 13.5 Å². The molecule has 108 valence electrons. The van der Waals surface area contributed by atoms with Crippen molar-refractivity contribution in [3.63, 3.8) is 0 Å². The average Bonchev–Trinajstić information content (AvgIpc) is 2.88. The standard InChI is InChI=1S/C15H11ClF2N2O/c1-21-13-4-2-3-11-15(13)19-14(8-16)20(11)12-7-9(17)5-6-10(12)18/h2-7H,8H2,1H3. The number of fused-ring (bicyclic) bond motifs is 1. The number of imidazole rings is 1. The van der Waals surface area contributed by atoms with Gasteiger partial charge in [0.15, 0.2) is 0 Å². The van der Waals surface area contributed by atoms with Crippen LogP contribution in [0.2, 0.25) is 0 Å². The number of hydrogen-bond donors (Lipinski definition) is 0. The van der Waals surface area contributed by atoms with Crippen LogP contribution in [0.15, 0.2) is 36.4 Å². The van der Waals surface area contributed by atoms with E-state index in [1.54, 1.807) is 18.2 Å². The second-order valence-corrected chi connectivity index (χ2v) is 4.69. The van der Waals surface area contributed by atoms with E-state index in [4.69, 9.17) is 16.3 Å². The molecule has 0 aliphatic heterocycles. The van der Waals surface area contributed by atoms with Crippen LogP contribution < -0.4 is 4.74 Å². The third-order valence-corrected chi connectivity index (χ3v) is 3.45. The molecule has 0 N–H and O–H groups in total. The van der Waals surface area contributed by atoms with Gasteiger partial charge in [0.25, 0.3) is 0 Å². The van der Waals surface area contributed by atoms with E-state index in [9.17, 15) is 8.78 Å². The zero-order valence-corrected chi connectivity index (χ0v) is 11.9. The minimum Gasteiger partial charge on any atom is -0.494 e. The number of rotatable bonds is 3. The van der Waals surface area contributed by atoms with Gasteiger partial charge in [0, 0.05) is 6.07 Å². The van der Waals surface area contributed by atoms with Gasteiger partial charge in [0.1, 0.15) is 28.7 Å². The average molecular weight is 309 g/mol. The van der Waals surface area contributed by atoms with Crippen LogP contribution in [0.3, 0.4) is 0 Å². The number of halogens is 3. The highest BCUT2D eigenvalue weighted by Gasteiger charge is 2.17. The second-order valence-electron chi connectivity index (χ2n) is 4.42. The summed E-state index contributed by atoms with van der Waals surface area (Å²) in [5.74, 6) is -0.0509. The van der Waals surface area contributed by atoms with Crippen LogP contribution in [-0.2, 0) is 5.88 Å². The Morgan fingerprint density at radius 3 is 2.76 bits per heavy atom. The lowest BCUT2D eigenvalue weighted by atomic mass is 10.2. The lowest BCUT2D eigenvalue weighted by molar-refractivity contribution is 0.419. The molecular formula is C15H11ClF2N2O. The maximum atomic E-state index is 14.1. The maximum absolute atomic E-state index is 14.1. The fraction of sp³-hybridized carbons (Fsp3) is 0.133. The monoisotopic (exact) mass is 308 g/mol. The van der Waals surface area contributed by atoms with Crippen molar-refractivity contribution in [2.45, 2.75) is 5.88 Å². The van der Waals surface area contributed by atoms with Crippen molar-refractivity contribution in [2.75, 3.05) is 7.11 Å². The van der Waals surface area contributed by atoms with Gasteiger partial charge in [-0.3, -0.25) is 4.57 Å². The molecule has 0 bridgehead atoms. The lowest BCUT2D eigenvalue weighted by Crippen LogP contribution is -2.02. The van der Waals surface area contributed by atoms with Crippen LogP contribution in [0, 0.1) is 11.6 Å². The predicted octanol–water partition coefficient (Wildman–Crippen LogP) is 4.05. The fourth-order valence-corrected chi connectivity index (χ4v) is 2.48. The molecule has 21 heavy (non-hydrogen) atoms. The maximum Gasteiger partial charge on any atom is 0.147 e. The summed E-state index contributed by atoms with van der Waals surface area (Å²) in [6.45, 7) is 0. The van der Waals surface area contributed by atoms with Crippen LogP contribution in [0.1, 0.15) is 5.82 Å². The van der Waals surface area contributed by atoms with Gasteiger partial charge in [-0.05, 0) is 24.3 Å². The summed E-state index contributed by atoms with van der Waals surface area (Å²) in [6, 6.07) is 8.53. The highest BCUT2D eigenvalue weighted by molar-refractivity contribution is 6.17. The molecule has 1 aromatic heterocycles. The number of ether oxygens (including phenoxy) is 1. The molecule has 0 saturated heterocycles. The minimum atomic E-state index is -0.551. The van der Waals surface area contributed by atoms with E-state index in [0.717, 1.165) is 18.2 Å². The quantitative estimate of drug-likeness (QED) is 0.683. The normalized spacial score (nSPS) is 11.0. The Bertz CT molecular complexity index is 817. The molecule has 0 unspecified atom stereocenters. The van der Waals surface area contributed by atoms with Gasteiger partial charge >= 0.3 is 0 Å². The van der Waals surface area contributed by atoms with Gasteiger partial charge in [-0.25, -0.2) is 13.8 Å². The molecule has 1 heterocycles. The van der Waals surface area contributed by atoms with Crippen molar-refractivity contribution >= 4 is 22.6 Å². The van der Waals surface area contributed by atoms with Crippen molar-refractivity contribution in [1.29, 1.82) is 0 Å². The van der Waals surface area contributed by atoms with E-state index in [0.29, 0.717) is 22.6 Å². The van der Waals surface area contributed by atoms with E-state index >= 15 is 0 Å². The molecule has 0 radical (unpaired) electrons. The Balaban J connectivity index is 2.38. The summed E-state index contributed by atoms with van der Waals surface area (Å²) in [4.78, 5) is 4.37. The Morgan fingerprint density at radius 2 is 2.05 bits per heavy atom. The molecular weight excluding hydrogens is 298 g/mol. The molecule has 2 aromatic carbocycles. The Labute approximate surface area is 124 Å². The third kappa shape index (κ3) is 2.23. The molecule has 0 spiro atoms. The van der Waals surface area contributed by atoms with Crippen LogP contribution in [-0.4, -0.2) is 16.7 Å². The first-order valence-corrected chi connectivity index (χ1v) is 6.75. The first kappa shape index (κ1) is 13.8. The van der Waals surface area contributed by atoms with Crippen molar-refractivity contribution in [3.05, 3.63) is 53.9 Å². The van der Waals surface area contributed by atoms with Crippen LogP contribution >= 0.6 is 11.6 Å². The summed E-state index contributed by atoms with van der Waals surface area (Å²) < 4.78 is 34.3. The lowest BCUT2D eigenvalue weighted by Gasteiger charge is -2.09. The number of methoxy groups -OCH3 is 1. The Morgan fingerprint density at radius 1 is 1.24 bits per heavy atom.